The molecule has 0 saturated heterocycles. The van der Waals surface area contributed by atoms with Crippen molar-refractivity contribution in [3.05, 3.63) is 127 Å². The van der Waals surface area contributed by atoms with Crippen LogP contribution in [0.2, 0.25) is 0 Å². The number of ether oxygens (including phenoxy) is 1. The maximum Gasteiger partial charge on any atom is 0.322 e. The summed E-state index contributed by atoms with van der Waals surface area (Å²) in [5.41, 5.74) is 2.70. The van der Waals surface area contributed by atoms with E-state index in [1.54, 1.807) is 4.90 Å². The van der Waals surface area contributed by atoms with Crippen molar-refractivity contribution in [2.24, 2.45) is 0 Å². The van der Waals surface area contributed by atoms with Crippen LogP contribution in [0.25, 0.3) is 10.8 Å². The molecular formula is C35H34N4O3. The number of carbonyl (C=O) groups is 2. The number of hydrogen-bond acceptors (Lipinski definition) is 3. The van der Waals surface area contributed by atoms with Crippen molar-refractivity contribution in [1.29, 1.82) is 0 Å². The lowest BCUT2D eigenvalue weighted by Gasteiger charge is -2.39. The predicted octanol–water partition coefficient (Wildman–Crippen LogP) is 7.31. The van der Waals surface area contributed by atoms with E-state index >= 15 is 0 Å². The molecule has 2 heterocycles. The second-order valence-corrected chi connectivity index (χ2v) is 10.8. The van der Waals surface area contributed by atoms with E-state index in [1.807, 2.05) is 128 Å². The number of fused-ring (bicyclic) bond motifs is 2. The highest BCUT2D eigenvalue weighted by Gasteiger charge is 2.34. The minimum absolute atomic E-state index is 0.0360. The normalized spacial score (nSPS) is 14.5. The number of hydrogen-bond donors (Lipinski definition) is 1. The van der Waals surface area contributed by atoms with E-state index in [9.17, 15) is 9.59 Å². The summed E-state index contributed by atoms with van der Waals surface area (Å²) in [6, 6.07) is 34.6. The van der Waals surface area contributed by atoms with Gasteiger partial charge in [0.15, 0.2) is 0 Å². The average Bonchev–Trinajstić information content (AvgIpc) is 3.49. The van der Waals surface area contributed by atoms with E-state index in [0.29, 0.717) is 18.8 Å². The van der Waals surface area contributed by atoms with Crippen molar-refractivity contribution in [2.45, 2.75) is 32.5 Å². The maximum absolute atomic E-state index is 14.0. The molecule has 42 heavy (non-hydrogen) atoms. The Balaban J connectivity index is 1.25. The number of amides is 3. The number of benzene rings is 4. The first-order valence-electron chi connectivity index (χ1n) is 14.3. The lowest BCUT2D eigenvalue weighted by atomic mass is 9.99. The monoisotopic (exact) mass is 558 g/mol. The Morgan fingerprint density at radius 2 is 1.60 bits per heavy atom. The lowest BCUT2D eigenvalue weighted by Crippen LogP contribution is -2.50. The maximum atomic E-state index is 14.0. The number of aromatic nitrogens is 1. The summed E-state index contributed by atoms with van der Waals surface area (Å²) in [7, 11) is 0. The zero-order chi connectivity index (χ0) is 29.1. The van der Waals surface area contributed by atoms with Gasteiger partial charge in [0, 0.05) is 36.4 Å². The first kappa shape index (κ1) is 27.1. The summed E-state index contributed by atoms with van der Waals surface area (Å²) in [5, 5.41) is 5.05. The van der Waals surface area contributed by atoms with Crippen LogP contribution in [-0.4, -0.2) is 45.4 Å². The van der Waals surface area contributed by atoms with Crippen molar-refractivity contribution in [3.63, 3.8) is 0 Å². The highest BCUT2D eigenvalue weighted by atomic mass is 16.5. The van der Waals surface area contributed by atoms with Gasteiger partial charge in [0.05, 0.1) is 11.7 Å². The van der Waals surface area contributed by atoms with E-state index in [0.717, 1.165) is 33.5 Å². The van der Waals surface area contributed by atoms with E-state index in [2.05, 4.69) is 16.0 Å². The Morgan fingerprint density at radius 3 is 2.43 bits per heavy atom. The van der Waals surface area contributed by atoms with E-state index < -0.39 is 0 Å². The molecule has 6 rings (SSSR count). The van der Waals surface area contributed by atoms with Gasteiger partial charge in [-0.15, -0.1) is 0 Å². The summed E-state index contributed by atoms with van der Waals surface area (Å²) in [6.45, 7) is 5.05. The molecule has 5 aromatic rings. The minimum atomic E-state index is -0.310. The molecule has 0 fully saturated rings. The number of anilines is 1. The molecule has 7 nitrogen and oxygen atoms in total. The molecule has 4 aromatic carbocycles. The molecule has 0 bridgehead atoms. The number of para-hydroxylation sites is 1. The molecule has 1 aliphatic rings. The topological polar surface area (TPSA) is 66.8 Å². The van der Waals surface area contributed by atoms with Crippen LogP contribution in [0.4, 0.5) is 10.5 Å². The number of nitrogens with one attached hydrogen (secondary N) is 1. The van der Waals surface area contributed by atoms with Crippen LogP contribution >= 0.6 is 0 Å². The molecule has 0 radical (unpaired) electrons. The molecule has 1 aromatic heterocycles. The van der Waals surface area contributed by atoms with Crippen molar-refractivity contribution in [3.8, 4) is 11.5 Å². The van der Waals surface area contributed by atoms with Gasteiger partial charge in [-0.3, -0.25) is 4.79 Å². The fraction of sp³-hybridized carbons (Fsp3) is 0.200. The van der Waals surface area contributed by atoms with Crippen LogP contribution in [0.1, 0.15) is 31.1 Å². The van der Waals surface area contributed by atoms with Gasteiger partial charge in [0.1, 0.15) is 18.0 Å². The van der Waals surface area contributed by atoms with E-state index in [-0.39, 0.29) is 30.6 Å². The van der Waals surface area contributed by atoms with Gasteiger partial charge in [-0.2, -0.15) is 0 Å². The summed E-state index contributed by atoms with van der Waals surface area (Å²) in [5.74, 6) is 1.34. The second-order valence-electron chi connectivity index (χ2n) is 10.8. The third-order valence-electron chi connectivity index (χ3n) is 7.73. The number of urea groups is 1. The molecular weight excluding hydrogens is 524 g/mol. The average molecular weight is 559 g/mol. The molecule has 1 unspecified atom stereocenters. The zero-order valence-corrected chi connectivity index (χ0v) is 23.8. The highest BCUT2D eigenvalue weighted by molar-refractivity contribution is 6.02. The van der Waals surface area contributed by atoms with Crippen LogP contribution in [0, 0.1) is 0 Å². The van der Waals surface area contributed by atoms with Crippen molar-refractivity contribution in [1.82, 2.24) is 14.4 Å². The van der Waals surface area contributed by atoms with Crippen molar-refractivity contribution >= 4 is 28.4 Å². The molecule has 1 aliphatic heterocycles. The quantitative estimate of drug-likeness (QED) is 0.228. The first-order valence-corrected chi connectivity index (χ1v) is 14.3. The number of carbonyl (C=O) groups excluding carboxylic acids is 2. The van der Waals surface area contributed by atoms with Crippen LogP contribution in [-0.2, 0) is 11.3 Å². The fourth-order valence-electron chi connectivity index (χ4n) is 5.62. The summed E-state index contributed by atoms with van der Waals surface area (Å²) < 4.78 is 8.31. The number of nitrogens with zero attached hydrogens (tertiary/aromatic N) is 3. The Hall–Kier alpha value is -5.04. The molecule has 1 atom stereocenters. The van der Waals surface area contributed by atoms with Crippen molar-refractivity contribution in [2.75, 3.05) is 18.4 Å². The van der Waals surface area contributed by atoms with Crippen molar-refractivity contribution < 1.29 is 14.3 Å². The van der Waals surface area contributed by atoms with Crippen LogP contribution in [0.3, 0.4) is 0 Å². The largest absolute Gasteiger partial charge is 0.457 e. The number of rotatable bonds is 7. The SMILES string of the molecule is CC(C)N(CC(=O)N1CCn2cccc2C1c1cccc(Oc2ccccc2)c1)C(=O)Nc1cccc2ccccc12. The molecule has 0 spiro atoms. The summed E-state index contributed by atoms with van der Waals surface area (Å²) in [4.78, 5) is 31.1. The Labute approximate surface area is 245 Å². The van der Waals surface area contributed by atoms with Gasteiger partial charge in [0.25, 0.3) is 0 Å². The van der Waals surface area contributed by atoms with Gasteiger partial charge in [-0.25, -0.2) is 4.79 Å². The zero-order valence-electron chi connectivity index (χ0n) is 23.8. The highest BCUT2D eigenvalue weighted by Crippen LogP contribution is 2.35. The third kappa shape index (κ3) is 5.59. The summed E-state index contributed by atoms with van der Waals surface area (Å²) in [6.07, 6.45) is 2.05. The molecule has 7 heteroatoms. The Morgan fingerprint density at radius 1 is 0.857 bits per heavy atom. The fourth-order valence-corrected chi connectivity index (χ4v) is 5.62. The van der Waals surface area contributed by atoms with E-state index in [1.165, 1.54) is 0 Å². The minimum Gasteiger partial charge on any atom is -0.457 e. The molecule has 3 amide bonds. The first-order chi connectivity index (χ1) is 20.5. The molecule has 0 saturated carbocycles. The standard InChI is InChI=1S/C35H34N4O3/c1-25(2)39(35(41)36-31-18-9-12-26-11-6-7-17-30(26)31)24-33(40)38-22-21-37-20-10-19-32(37)34(38)27-13-8-16-29(23-27)42-28-14-4-3-5-15-28/h3-20,23,25,34H,21-22,24H2,1-2H3,(H,36,41). The molecule has 212 valence electrons. The van der Waals surface area contributed by atoms with Crippen LogP contribution in [0.15, 0.2) is 115 Å². The van der Waals surface area contributed by atoms with Gasteiger partial charge in [-0.1, -0.05) is 66.7 Å². The van der Waals surface area contributed by atoms with Crippen LogP contribution < -0.4 is 10.1 Å². The summed E-state index contributed by atoms with van der Waals surface area (Å²) >= 11 is 0. The van der Waals surface area contributed by atoms with Gasteiger partial charge < -0.3 is 24.4 Å². The van der Waals surface area contributed by atoms with Gasteiger partial charge >= 0.3 is 6.03 Å². The third-order valence-corrected chi connectivity index (χ3v) is 7.73. The predicted molar refractivity (Wildman–Crippen MR) is 166 cm³/mol. The van der Waals surface area contributed by atoms with Gasteiger partial charge in [0.2, 0.25) is 5.91 Å². The Kier molecular flexibility index (Phi) is 7.64. The van der Waals surface area contributed by atoms with Gasteiger partial charge in [-0.05, 0) is 67.3 Å². The lowest BCUT2D eigenvalue weighted by molar-refractivity contribution is -0.134. The van der Waals surface area contributed by atoms with E-state index in [4.69, 9.17) is 4.74 Å². The van der Waals surface area contributed by atoms with Crippen LogP contribution in [0.5, 0.6) is 11.5 Å². The Bertz CT molecular complexity index is 1710. The smallest absolute Gasteiger partial charge is 0.322 e. The molecule has 1 N–H and O–H groups in total. The second kappa shape index (κ2) is 11.8. The molecule has 0 aliphatic carbocycles.